The standard InChI is InChI=1S/C26H21N5O2/c1-2-33-24-11-7-6-10-23(24)29-26(32)20(17-27)16-21-18-31(22-8-4-3-5-9-22)30-25(21)19-12-14-28-15-13-19/h3-16,18H,2H2,1H3,(H,29,32)/b20-16+. The zero-order chi connectivity index (χ0) is 23.0. The molecule has 162 valence electrons. The van der Waals surface area contributed by atoms with Crippen LogP contribution in [0.15, 0.2) is 90.9 Å². The Bertz CT molecular complexity index is 1320. The van der Waals surface area contributed by atoms with Crippen LogP contribution in [0.2, 0.25) is 0 Å². The molecule has 7 nitrogen and oxygen atoms in total. The Labute approximate surface area is 191 Å². The number of para-hydroxylation sites is 3. The number of nitriles is 1. The van der Waals surface area contributed by atoms with E-state index in [0.717, 1.165) is 11.3 Å². The molecule has 0 aliphatic heterocycles. The molecule has 0 aliphatic carbocycles. The van der Waals surface area contributed by atoms with E-state index in [1.807, 2.05) is 61.5 Å². The van der Waals surface area contributed by atoms with Crippen LogP contribution in [-0.4, -0.2) is 27.3 Å². The Kier molecular flexibility index (Phi) is 6.57. The van der Waals surface area contributed by atoms with Crippen molar-refractivity contribution in [3.8, 4) is 28.8 Å². The molecule has 2 aromatic heterocycles. The molecule has 1 N–H and O–H groups in total. The summed E-state index contributed by atoms with van der Waals surface area (Å²) in [5.74, 6) is 0.0119. The van der Waals surface area contributed by atoms with Crippen molar-refractivity contribution >= 4 is 17.7 Å². The zero-order valence-electron chi connectivity index (χ0n) is 18.0. The van der Waals surface area contributed by atoms with Gasteiger partial charge in [0.2, 0.25) is 0 Å². The lowest BCUT2D eigenvalue weighted by molar-refractivity contribution is -0.112. The number of nitrogens with one attached hydrogen (secondary N) is 1. The molecule has 0 saturated heterocycles. The number of anilines is 1. The molecule has 4 aromatic rings. The molecule has 0 unspecified atom stereocenters. The first-order valence-electron chi connectivity index (χ1n) is 10.4. The number of nitrogens with zero attached hydrogens (tertiary/aromatic N) is 4. The molecule has 0 radical (unpaired) electrons. The first-order valence-corrected chi connectivity index (χ1v) is 10.4. The molecule has 2 aromatic carbocycles. The summed E-state index contributed by atoms with van der Waals surface area (Å²) in [6, 6.07) is 22.4. The molecule has 0 aliphatic rings. The summed E-state index contributed by atoms with van der Waals surface area (Å²) in [6.45, 7) is 2.33. The highest BCUT2D eigenvalue weighted by Gasteiger charge is 2.16. The van der Waals surface area contributed by atoms with E-state index in [1.165, 1.54) is 0 Å². The van der Waals surface area contributed by atoms with Crippen LogP contribution in [0.3, 0.4) is 0 Å². The number of ether oxygens (including phenoxy) is 1. The smallest absolute Gasteiger partial charge is 0.266 e. The first-order chi connectivity index (χ1) is 16.2. The van der Waals surface area contributed by atoms with Crippen molar-refractivity contribution in [3.63, 3.8) is 0 Å². The molecule has 0 bridgehead atoms. The molecule has 0 spiro atoms. The Morgan fingerprint density at radius 3 is 2.55 bits per heavy atom. The maximum atomic E-state index is 12.9. The number of pyridine rings is 1. The summed E-state index contributed by atoms with van der Waals surface area (Å²) >= 11 is 0. The van der Waals surface area contributed by atoms with Gasteiger partial charge in [-0.05, 0) is 49.4 Å². The minimum atomic E-state index is -0.530. The van der Waals surface area contributed by atoms with Crippen LogP contribution in [-0.2, 0) is 4.79 Å². The van der Waals surface area contributed by atoms with Crippen LogP contribution in [0, 0.1) is 11.3 Å². The molecule has 0 saturated carbocycles. The fourth-order valence-corrected chi connectivity index (χ4v) is 3.29. The van der Waals surface area contributed by atoms with Gasteiger partial charge in [-0.3, -0.25) is 9.78 Å². The molecule has 0 fully saturated rings. The van der Waals surface area contributed by atoms with Crippen molar-refractivity contribution in [3.05, 3.63) is 96.5 Å². The predicted octanol–water partition coefficient (Wildman–Crippen LogP) is 4.88. The second-order valence-corrected chi connectivity index (χ2v) is 7.00. The van der Waals surface area contributed by atoms with Gasteiger partial charge in [0.25, 0.3) is 5.91 Å². The lowest BCUT2D eigenvalue weighted by Gasteiger charge is -2.10. The summed E-state index contributed by atoms with van der Waals surface area (Å²) in [5.41, 5.74) is 3.40. The lowest BCUT2D eigenvalue weighted by Crippen LogP contribution is -2.14. The lowest BCUT2D eigenvalue weighted by atomic mass is 10.1. The molecular weight excluding hydrogens is 414 g/mol. The number of amides is 1. The average Bonchev–Trinajstić information content (AvgIpc) is 3.29. The van der Waals surface area contributed by atoms with Crippen LogP contribution in [0.5, 0.6) is 5.75 Å². The fraction of sp³-hybridized carbons (Fsp3) is 0.0769. The van der Waals surface area contributed by atoms with Gasteiger partial charge in [0.1, 0.15) is 23.1 Å². The van der Waals surface area contributed by atoms with Gasteiger partial charge in [0.15, 0.2) is 0 Å². The Hall–Kier alpha value is -4.70. The Morgan fingerprint density at radius 2 is 1.82 bits per heavy atom. The van der Waals surface area contributed by atoms with Gasteiger partial charge in [-0.15, -0.1) is 0 Å². The fourth-order valence-electron chi connectivity index (χ4n) is 3.29. The van der Waals surface area contributed by atoms with E-state index in [2.05, 4.69) is 10.3 Å². The number of benzene rings is 2. The quantitative estimate of drug-likeness (QED) is 0.330. The summed E-state index contributed by atoms with van der Waals surface area (Å²) < 4.78 is 7.28. The van der Waals surface area contributed by atoms with Crippen molar-refractivity contribution in [2.75, 3.05) is 11.9 Å². The molecule has 7 heteroatoms. The van der Waals surface area contributed by atoms with E-state index in [0.29, 0.717) is 29.3 Å². The minimum Gasteiger partial charge on any atom is -0.492 e. The third-order valence-electron chi connectivity index (χ3n) is 4.82. The maximum absolute atomic E-state index is 12.9. The van der Waals surface area contributed by atoms with E-state index in [1.54, 1.807) is 47.5 Å². The predicted molar refractivity (Wildman–Crippen MR) is 127 cm³/mol. The van der Waals surface area contributed by atoms with Gasteiger partial charge >= 0.3 is 0 Å². The van der Waals surface area contributed by atoms with Crippen molar-refractivity contribution in [1.29, 1.82) is 5.26 Å². The SMILES string of the molecule is CCOc1ccccc1NC(=O)/C(C#N)=C/c1cn(-c2ccccc2)nc1-c1ccncc1. The zero-order valence-corrected chi connectivity index (χ0v) is 18.0. The number of hydrogen-bond acceptors (Lipinski definition) is 5. The normalized spacial score (nSPS) is 11.0. The van der Waals surface area contributed by atoms with Gasteiger partial charge in [-0.1, -0.05) is 30.3 Å². The van der Waals surface area contributed by atoms with E-state index < -0.39 is 5.91 Å². The van der Waals surface area contributed by atoms with Crippen LogP contribution < -0.4 is 10.1 Å². The second-order valence-electron chi connectivity index (χ2n) is 7.00. The maximum Gasteiger partial charge on any atom is 0.266 e. The molecule has 4 rings (SSSR count). The van der Waals surface area contributed by atoms with Gasteiger partial charge < -0.3 is 10.1 Å². The third-order valence-corrected chi connectivity index (χ3v) is 4.82. The molecular formula is C26H21N5O2. The van der Waals surface area contributed by atoms with Crippen LogP contribution >= 0.6 is 0 Å². The number of aromatic nitrogens is 3. The highest BCUT2D eigenvalue weighted by atomic mass is 16.5. The highest BCUT2D eigenvalue weighted by molar-refractivity contribution is 6.10. The Balaban J connectivity index is 1.72. The second kappa shape index (κ2) is 10.1. The summed E-state index contributed by atoms with van der Waals surface area (Å²) in [7, 11) is 0. The van der Waals surface area contributed by atoms with E-state index in [4.69, 9.17) is 9.84 Å². The number of carbonyl (C=O) groups is 1. The summed E-state index contributed by atoms with van der Waals surface area (Å²) in [5, 5.41) is 17.2. The van der Waals surface area contributed by atoms with Gasteiger partial charge in [-0.25, -0.2) is 4.68 Å². The summed E-state index contributed by atoms with van der Waals surface area (Å²) in [4.78, 5) is 17.0. The number of carbonyl (C=O) groups excluding carboxylic acids is 1. The number of hydrogen-bond donors (Lipinski definition) is 1. The minimum absolute atomic E-state index is 0.0516. The van der Waals surface area contributed by atoms with E-state index in [9.17, 15) is 10.1 Å². The van der Waals surface area contributed by atoms with Crippen molar-refractivity contribution in [2.45, 2.75) is 6.92 Å². The first kappa shape index (κ1) is 21.5. The summed E-state index contributed by atoms with van der Waals surface area (Å²) in [6.07, 6.45) is 6.69. The largest absolute Gasteiger partial charge is 0.492 e. The molecule has 1 amide bonds. The van der Waals surface area contributed by atoms with Crippen molar-refractivity contribution < 1.29 is 9.53 Å². The highest BCUT2D eigenvalue weighted by Crippen LogP contribution is 2.27. The average molecular weight is 435 g/mol. The van der Waals surface area contributed by atoms with Crippen LogP contribution in [0.4, 0.5) is 5.69 Å². The van der Waals surface area contributed by atoms with Gasteiger partial charge in [0, 0.05) is 29.7 Å². The third kappa shape index (κ3) is 4.97. The van der Waals surface area contributed by atoms with Crippen LogP contribution in [0.1, 0.15) is 12.5 Å². The topological polar surface area (TPSA) is 92.8 Å². The van der Waals surface area contributed by atoms with Crippen LogP contribution in [0.25, 0.3) is 23.0 Å². The number of rotatable bonds is 7. The molecule has 0 atom stereocenters. The van der Waals surface area contributed by atoms with Gasteiger partial charge in [0.05, 0.1) is 18.0 Å². The Morgan fingerprint density at radius 1 is 1.09 bits per heavy atom. The van der Waals surface area contributed by atoms with Crippen molar-refractivity contribution in [1.82, 2.24) is 14.8 Å². The monoisotopic (exact) mass is 435 g/mol. The van der Waals surface area contributed by atoms with Gasteiger partial charge in [-0.2, -0.15) is 10.4 Å². The van der Waals surface area contributed by atoms with Crippen molar-refractivity contribution in [2.24, 2.45) is 0 Å². The van der Waals surface area contributed by atoms with E-state index >= 15 is 0 Å². The molecule has 2 heterocycles. The molecule has 33 heavy (non-hydrogen) atoms. The van der Waals surface area contributed by atoms with E-state index in [-0.39, 0.29) is 5.57 Å².